The first-order chi connectivity index (χ1) is 20.3. The summed E-state index contributed by atoms with van der Waals surface area (Å²) in [5, 5.41) is 0. The van der Waals surface area contributed by atoms with Crippen LogP contribution < -0.4 is 0 Å². The van der Waals surface area contributed by atoms with Gasteiger partial charge in [0.15, 0.2) is 0 Å². The second kappa shape index (κ2) is 20.4. The van der Waals surface area contributed by atoms with Gasteiger partial charge in [-0.15, -0.1) is 0 Å². The lowest BCUT2D eigenvalue weighted by Gasteiger charge is -2.41. The third-order valence-electron chi connectivity index (χ3n) is 14.0. The molecule has 0 amide bonds. The predicted molar refractivity (Wildman–Crippen MR) is 199 cm³/mol. The molecule has 0 aromatic heterocycles. The molecule has 3 saturated carbocycles. The normalized spacial score (nSPS) is 38.2. The Balaban J connectivity index is 0.000000550. The summed E-state index contributed by atoms with van der Waals surface area (Å²) in [5.74, 6) is 12.3. The van der Waals surface area contributed by atoms with Gasteiger partial charge in [-0.3, -0.25) is 4.39 Å². The number of benzene rings is 1. The monoisotopic (exact) mass is 617 g/mol. The van der Waals surface area contributed by atoms with Crippen LogP contribution in [0.1, 0.15) is 150 Å². The second-order valence-electron chi connectivity index (χ2n) is 16.8. The highest BCUT2D eigenvalue weighted by Crippen LogP contribution is 2.41. The molecule has 0 nitrogen and oxygen atoms in total. The van der Waals surface area contributed by atoms with Crippen molar-refractivity contribution >= 4 is 0 Å². The summed E-state index contributed by atoms with van der Waals surface area (Å²) in [6, 6.07) is 2.26. The summed E-state index contributed by atoms with van der Waals surface area (Å²) in [6.07, 6.45) is 7.24. The van der Waals surface area contributed by atoms with Crippen molar-refractivity contribution in [2.75, 3.05) is 7.18 Å². The van der Waals surface area contributed by atoms with E-state index in [9.17, 15) is 4.39 Å². The fourth-order valence-electron chi connectivity index (χ4n) is 8.39. The van der Waals surface area contributed by atoms with E-state index in [1.807, 2.05) is 0 Å². The van der Waals surface area contributed by atoms with Crippen LogP contribution in [0.15, 0.2) is 6.07 Å². The minimum Gasteiger partial charge on any atom is -0.255 e. The molecule has 0 radical (unpaired) electrons. The van der Waals surface area contributed by atoms with Crippen LogP contribution in [-0.4, -0.2) is 7.18 Å². The number of aryl methyl sites for hydroxylation is 2. The van der Waals surface area contributed by atoms with Crippen LogP contribution >= 0.6 is 0 Å². The highest BCUT2D eigenvalue weighted by Gasteiger charge is 2.33. The molecule has 0 saturated heterocycles. The molecule has 3 fully saturated rings. The van der Waals surface area contributed by atoms with E-state index in [0.717, 1.165) is 76.9 Å². The first kappa shape index (κ1) is 43.1. The fraction of sp³-hybridized carbons (Fsp3) is 0.860. The van der Waals surface area contributed by atoms with E-state index in [1.54, 1.807) is 0 Å². The highest BCUT2D eigenvalue weighted by molar-refractivity contribution is 5.42. The van der Waals surface area contributed by atoms with Gasteiger partial charge in [0.25, 0.3) is 0 Å². The van der Waals surface area contributed by atoms with E-state index in [2.05, 4.69) is 131 Å². The van der Waals surface area contributed by atoms with E-state index in [-0.39, 0.29) is 0 Å². The third-order valence-corrected chi connectivity index (χ3v) is 14.0. The van der Waals surface area contributed by atoms with E-state index in [4.69, 9.17) is 0 Å². The van der Waals surface area contributed by atoms with Gasteiger partial charge >= 0.3 is 0 Å². The topological polar surface area (TPSA) is 0 Å². The molecule has 0 bridgehead atoms. The van der Waals surface area contributed by atoms with Gasteiger partial charge in [-0.1, -0.05) is 109 Å². The molecule has 1 aromatic rings. The molecule has 0 heterocycles. The Morgan fingerprint density at radius 3 is 1.02 bits per heavy atom. The Labute approximate surface area is 278 Å². The molecule has 0 aliphatic heterocycles. The first-order valence-corrected chi connectivity index (χ1v) is 18.7. The molecular formula is C43H81F. The van der Waals surface area contributed by atoms with Crippen molar-refractivity contribution in [3.05, 3.63) is 33.9 Å². The van der Waals surface area contributed by atoms with Crippen molar-refractivity contribution in [1.29, 1.82) is 0 Å². The number of hydrogen-bond acceptors (Lipinski definition) is 0. The van der Waals surface area contributed by atoms with Crippen molar-refractivity contribution in [3.8, 4) is 0 Å². The lowest BCUT2D eigenvalue weighted by molar-refractivity contribution is 0.0855. The van der Waals surface area contributed by atoms with Crippen LogP contribution in [0.25, 0.3) is 0 Å². The molecule has 10 unspecified atom stereocenters. The van der Waals surface area contributed by atoms with Gasteiger partial charge < -0.3 is 0 Å². The lowest BCUT2D eigenvalue weighted by Crippen LogP contribution is -2.33. The Kier molecular flexibility index (Phi) is 20.0. The number of halogens is 1. The Bertz CT molecular complexity index is 850. The third kappa shape index (κ3) is 12.7. The summed E-state index contributed by atoms with van der Waals surface area (Å²) in [7, 11) is 0.500. The van der Waals surface area contributed by atoms with Gasteiger partial charge in [-0.25, -0.2) is 0 Å². The number of hydrogen-bond donors (Lipinski definition) is 0. The van der Waals surface area contributed by atoms with Crippen LogP contribution in [0.4, 0.5) is 4.39 Å². The van der Waals surface area contributed by atoms with Crippen LogP contribution in [0.3, 0.4) is 0 Å². The van der Waals surface area contributed by atoms with E-state index in [0.29, 0.717) is 7.18 Å². The number of rotatable bonds is 0. The highest BCUT2D eigenvalue weighted by atomic mass is 19.1. The SMILES string of the molecule is CC1CC(C)C(C)C(C)C1.CC1CC(C)C(C)C(C)C1C.CC1CCC(C)C(C)C1C.CF.Cc1cc(C)c(C)c(C)c1C. The molecule has 10 atom stereocenters. The van der Waals surface area contributed by atoms with E-state index < -0.39 is 0 Å². The van der Waals surface area contributed by atoms with Gasteiger partial charge in [-0.2, -0.15) is 0 Å². The molecule has 0 spiro atoms. The lowest BCUT2D eigenvalue weighted by atomic mass is 9.65. The van der Waals surface area contributed by atoms with Gasteiger partial charge in [0.05, 0.1) is 7.18 Å². The Morgan fingerprint density at radius 1 is 0.386 bits per heavy atom. The van der Waals surface area contributed by atoms with Gasteiger partial charge in [-0.05, 0) is 159 Å². The van der Waals surface area contributed by atoms with Crippen molar-refractivity contribution < 1.29 is 4.39 Å². The van der Waals surface area contributed by atoms with Crippen molar-refractivity contribution in [3.63, 3.8) is 0 Å². The fourth-order valence-corrected chi connectivity index (χ4v) is 8.39. The summed E-state index contributed by atoms with van der Waals surface area (Å²) in [4.78, 5) is 0. The van der Waals surface area contributed by atoms with Gasteiger partial charge in [0.2, 0.25) is 0 Å². The zero-order valence-electron chi connectivity index (χ0n) is 33.5. The van der Waals surface area contributed by atoms with Crippen LogP contribution in [0, 0.1) is 112 Å². The quantitative estimate of drug-likeness (QED) is 0.272. The summed E-state index contributed by atoms with van der Waals surface area (Å²) < 4.78 is 9.50. The number of alkyl halides is 1. The average molecular weight is 617 g/mol. The molecule has 3 aliphatic carbocycles. The summed E-state index contributed by atoms with van der Waals surface area (Å²) >= 11 is 0. The van der Waals surface area contributed by atoms with Crippen LogP contribution in [0.2, 0.25) is 0 Å². The summed E-state index contributed by atoms with van der Waals surface area (Å²) in [6.45, 7) is 42.2. The van der Waals surface area contributed by atoms with E-state index >= 15 is 0 Å². The molecule has 1 heteroatoms. The van der Waals surface area contributed by atoms with Crippen LogP contribution in [0.5, 0.6) is 0 Å². The van der Waals surface area contributed by atoms with E-state index in [1.165, 1.54) is 59.9 Å². The maximum absolute atomic E-state index is 9.50. The zero-order valence-corrected chi connectivity index (χ0v) is 33.5. The smallest absolute Gasteiger partial charge is 0.0785 e. The minimum absolute atomic E-state index is 0.500. The Hall–Kier alpha value is -0.850. The largest absolute Gasteiger partial charge is 0.255 e. The second-order valence-corrected chi connectivity index (χ2v) is 16.8. The summed E-state index contributed by atoms with van der Waals surface area (Å²) in [5.41, 5.74) is 7.14. The first-order valence-electron chi connectivity index (χ1n) is 18.7. The molecule has 44 heavy (non-hydrogen) atoms. The molecule has 3 aliphatic rings. The van der Waals surface area contributed by atoms with Crippen LogP contribution in [-0.2, 0) is 0 Å². The zero-order chi connectivity index (χ0) is 34.6. The van der Waals surface area contributed by atoms with Crippen molar-refractivity contribution in [2.24, 2.45) is 76.9 Å². The molecule has 1 aromatic carbocycles. The average Bonchev–Trinajstić information content (AvgIpc) is 2.98. The van der Waals surface area contributed by atoms with Gasteiger partial charge in [0, 0.05) is 0 Å². The molecule has 260 valence electrons. The van der Waals surface area contributed by atoms with Gasteiger partial charge in [0.1, 0.15) is 0 Å². The maximum Gasteiger partial charge on any atom is 0.0785 e. The minimum atomic E-state index is 0.500. The van der Waals surface area contributed by atoms with Crippen molar-refractivity contribution in [1.82, 2.24) is 0 Å². The Morgan fingerprint density at radius 2 is 0.682 bits per heavy atom. The predicted octanol–water partition coefficient (Wildman–Crippen LogP) is 14.0. The molecule has 4 rings (SSSR count). The molecular weight excluding hydrogens is 535 g/mol. The maximum atomic E-state index is 9.50. The molecule has 0 N–H and O–H groups in total. The standard InChI is InChI=1S/C11H22.C11H16.2C10H20.CH3F/c2*1-7-6-8(2)10(4)11(5)9(7)3;1-7-5-8(2)10(4)9(3)6-7;1-7-5-6-8(2)10(4)9(7)3;1-2/h7-11H,6H2,1-5H3;6H,1-5H3;2*7-10H,5-6H2,1-4H3;1H3. The van der Waals surface area contributed by atoms with Crippen molar-refractivity contribution in [2.45, 2.75) is 157 Å².